The summed E-state index contributed by atoms with van der Waals surface area (Å²) in [4.78, 5) is 0. The number of rotatable bonds is 1. The van der Waals surface area contributed by atoms with Gasteiger partial charge < -0.3 is 9.47 Å². The molecule has 0 aromatic heterocycles. The summed E-state index contributed by atoms with van der Waals surface area (Å²) in [6, 6.07) is 0. The third kappa shape index (κ3) is 1.93. The first kappa shape index (κ1) is 7.98. The van der Waals surface area contributed by atoms with Gasteiger partial charge in [-0.1, -0.05) is 0 Å². The molecule has 1 saturated heterocycles. The van der Waals surface area contributed by atoms with E-state index in [0.29, 0.717) is 4.58 Å². The van der Waals surface area contributed by atoms with Crippen molar-refractivity contribution in [3.05, 3.63) is 10.8 Å². The Labute approximate surface area is 74.7 Å². The predicted molar refractivity (Wildman–Crippen MR) is 48.7 cm³/mol. The van der Waals surface area contributed by atoms with E-state index >= 15 is 0 Å². The van der Waals surface area contributed by atoms with Crippen molar-refractivity contribution in [3.63, 3.8) is 0 Å². The molecule has 1 atom stereocenters. The summed E-state index contributed by atoms with van der Waals surface area (Å²) in [6.07, 6.45) is 0.286. The molecule has 2 heterocycles. The van der Waals surface area contributed by atoms with Gasteiger partial charge in [-0.2, -0.15) is 0 Å². The van der Waals surface area contributed by atoms with Crippen molar-refractivity contribution in [1.29, 1.82) is 0 Å². The number of hydrogen-bond donors (Lipinski definition) is 0. The normalized spacial score (nSPS) is 32.9. The zero-order valence-corrected chi connectivity index (χ0v) is 7.70. The third-order valence-electron chi connectivity index (χ3n) is 1.63. The lowest BCUT2D eigenvalue weighted by molar-refractivity contribution is -0.0805. The molecule has 0 N–H and O–H groups in total. The lowest BCUT2D eigenvalue weighted by Crippen LogP contribution is -2.34. The Hall–Kier alpha value is 0.360. The maximum Gasteiger partial charge on any atom is 0.103 e. The number of ether oxygens (including phenoxy) is 2. The third-order valence-corrected chi connectivity index (χ3v) is 4.20. The average molecular weight is 190 g/mol. The Morgan fingerprint density at radius 2 is 2.00 bits per heavy atom. The van der Waals surface area contributed by atoms with Crippen LogP contribution in [0, 0.1) is 0 Å². The number of thioether (sulfide) groups is 2. The van der Waals surface area contributed by atoms with Gasteiger partial charge in [0.2, 0.25) is 0 Å². The molecule has 0 radical (unpaired) electrons. The lowest BCUT2D eigenvalue weighted by atomic mass is 10.4. The Kier molecular flexibility index (Phi) is 2.79. The molecule has 11 heavy (non-hydrogen) atoms. The summed E-state index contributed by atoms with van der Waals surface area (Å²) >= 11 is 3.65. The van der Waals surface area contributed by atoms with Crippen molar-refractivity contribution >= 4 is 23.5 Å². The monoisotopic (exact) mass is 190 g/mol. The fourth-order valence-corrected chi connectivity index (χ4v) is 3.22. The first-order valence-electron chi connectivity index (χ1n) is 3.62. The van der Waals surface area contributed by atoms with Crippen LogP contribution in [0.2, 0.25) is 0 Å². The molecule has 0 bridgehead atoms. The quantitative estimate of drug-likeness (QED) is 0.626. The molecular formula is C7H10O2S2. The van der Waals surface area contributed by atoms with Crippen LogP contribution in [0.15, 0.2) is 10.8 Å². The van der Waals surface area contributed by atoms with E-state index in [-0.39, 0.29) is 6.10 Å². The topological polar surface area (TPSA) is 18.5 Å². The fourth-order valence-electron chi connectivity index (χ4n) is 1.09. The Bertz CT molecular complexity index is 147. The highest BCUT2D eigenvalue weighted by Gasteiger charge is 2.26. The summed E-state index contributed by atoms with van der Waals surface area (Å²) < 4.78 is 11.4. The van der Waals surface area contributed by atoms with Gasteiger partial charge in [-0.3, -0.25) is 0 Å². The fraction of sp³-hybridized carbons (Fsp3) is 0.714. The largest absolute Gasteiger partial charge is 0.376 e. The van der Waals surface area contributed by atoms with E-state index in [1.165, 1.54) is 0 Å². The second-order valence-electron chi connectivity index (χ2n) is 2.40. The minimum Gasteiger partial charge on any atom is -0.376 e. The molecule has 0 saturated carbocycles. The molecule has 0 amide bonds. The Balaban J connectivity index is 1.83. The van der Waals surface area contributed by atoms with Gasteiger partial charge in [0.15, 0.2) is 0 Å². The molecule has 0 aromatic carbocycles. The van der Waals surface area contributed by atoms with E-state index < -0.39 is 0 Å². The van der Waals surface area contributed by atoms with E-state index in [4.69, 9.17) is 9.47 Å². The second kappa shape index (κ2) is 3.85. The van der Waals surface area contributed by atoms with Gasteiger partial charge in [0.25, 0.3) is 0 Å². The van der Waals surface area contributed by atoms with Crippen LogP contribution in [-0.2, 0) is 9.47 Å². The van der Waals surface area contributed by atoms with Crippen LogP contribution >= 0.6 is 23.5 Å². The molecule has 62 valence electrons. The van der Waals surface area contributed by atoms with Crippen LogP contribution in [0.3, 0.4) is 0 Å². The summed E-state index contributed by atoms with van der Waals surface area (Å²) in [7, 11) is 0. The van der Waals surface area contributed by atoms with Crippen LogP contribution in [0.25, 0.3) is 0 Å². The van der Waals surface area contributed by atoms with Crippen molar-refractivity contribution in [1.82, 2.24) is 0 Å². The van der Waals surface area contributed by atoms with Crippen molar-refractivity contribution in [3.8, 4) is 0 Å². The molecule has 2 aliphatic rings. The first-order valence-corrected chi connectivity index (χ1v) is 5.51. The lowest BCUT2D eigenvalue weighted by Gasteiger charge is -2.26. The molecule has 0 aliphatic carbocycles. The zero-order valence-electron chi connectivity index (χ0n) is 6.06. The minimum absolute atomic E-state index is 0.286. The van der Waals surface area contributed by atoms with Gasteiger partial charge in [0.1, 0.15) is 6.10 Å². The molecular weight excluding hydrogens is 180 g/mol. The van der Waals surface area contributed by atoms with Crippen LogP contribution < -0.4 is 0 Å². The zero-order chi connectivity index (χ0) is 7.52. The van der Waals surface area contributed by atoms with Crippen molar-refractivity contribution < 1.29 is 9.47 Å². The standard InChI is InChI=1S/C7H10O2S2/c1-2-9-6(5-8-1)7-10-3-4-11-7/h3-4,6-7H,1-2,5H2. The SMILES string of the molecule is C1=CSC(C2COCCO2)S1. The minimum atomic E-state index is 0.286. The maximum absolute atomic E-state index is 5.56. The van der Waals surface area contributed by atoms with Crippen LogP contribution in [-0.4, -0.2) is 30.5 Å². The van der Waals surface area contributed by atoms with Gasteiger partial charge in [-0.05, 0) is 10.8 Å². The van der Waals surface area contributed by atoms with Gasteiger partial charge in [0.05, 0.1) is 24.4 Å². The van der Waals surface area contributed by atoms with Crippen LogP contribution in [0.4, 0.5) is 0 Å². The second-order valence-corrected chi connectivity index (χ2v) is 4.80. The summed E-state index contributed by atoms with van der Waals surface area (Å²) in [5, 5.41) is 4.24. The van der Waals surface area contributed by atoms with E-state index in [2.05, 4.69) is 10.8 Å². The van der Waals surface area contributed by atoms with E-state index in [1.54, 1.807) is 0 Å². The Morgan fingerprint density at radius 1 is 1.18 bits per heavy atom. The molecule has 0 aromatic rings. The smallest absolute Gasteiger partial charge is 0.103 e. The van der Waals surface area contributed by atoms with Gasteiger partial charge in [-0.15, -0.1) is 23.5 Å². The highest BCUT2D eigenvalue weighted by atomic mass is 32.2. The first-order chi connectivity index (χ1) is 5.47. The van der Waals surface area contributed by atoms with Crippen molar-refractivity contribution in [2.45, 2.75) is 10.7 Å². The van der Waals surface area contributed by atoms with Crippen molar-refractivity contribution in [2.24, 2.45) is 0 Å². The molecule has 2 rings (SSSR count). The molecule has 2 aliphatic heterocycles. The van der Waals surface area contributed by atoms with Gasteiger partial charge >= 0.3 is 0 Å². The van der Waals surface area contributed by atoms with Gasteiger partial charge in [-0.25, -0.2) is 0 Å². The van der Waals surface area contributed by atoms with Crippen molar-refractivity contribution in [2.75, 3.05) is 19.8 Å². The van der Waals surface area contributed by atoms with Crippen LogP contribution in [0.1, 0.15) is 0 Å². The summed E-state index contributed by atoms with van der Waals surface area (Å²) in [5.41, 5.74) is 0. The molecule has 4 heteroatoms. The molecule has 0 spiro atoms. The average Bonchev–Trinajstić information content (AvgIpc) is 2.58. The highest BCUT2D eigenvalue weighted by Crippen LogP contribution is 2.37. The van der Waals surface area contributed by atoms with E-state index in [1.807, 2.05) is 23.5 Å². The number of hydrogen-bond acceptors (Lipinski definition) is 4. The molecule has 2 nitrogen and oxygen atoms in total. The Morgan fingerprint density at radius 3 is 2.64 bits per heavy atom. The summed E-state index contributed by atoms with van der Waals surface area (Å²) in [6.45, 7) is 2.26. The predicted octanol–water partition coefficient (Wildman–Crippen LogP) is 1.68. The van der Waals surface area contributed by atoms with Gasteiger partial charge in [0, 0.05) is 0 Å². The summed E-state index contributed by atoms with van der Waals surface area (Å²) in [5.74, 6) is 0. The van der Waals surface area contributed by atoms with Crippen LogP contribution in [0.5, 0.6) is 0 Å². The van der Waals surface area contributed by atoms with E-state index in [9.17, 15) is 0 Å². The maximum atomic E-state index is 5.56. The molecule has 1 unspecified atom stereocenters. The highest BCUT2D eigenvalue weighted by molar-refractivity contribution is 8.22. The molecule has 1 fully saturated rings. The van der Waals surface area contributed by atoms with E-state index in [0.717, 1.165) is 19.8 Å².